The Morgan fingerprint density at radius 2 is 1.81 bits per heavy atom. The van der Waals surface area contributed by atoms with Crippen molar-refractivity contribution in [1.29, 1.82) is 0 Å². The highest BCUT2D eigenvalue weighted by Gasteiger charge is 2.29. The van der Waals surface area contributed by atoms with Crippen LogP contribution in [0.2, 0.25) is 0 Å². The fraction of sp³-hybridized carbons (Fsp3) is 0.867. The van der Waals surface area contributed by atoms with E-state index < -0.39 is 29.7 Å². The van der Waals surface area contributed by atoms with Crippen LogP contribution < -0.4 is 10.6 Å². The molecule has 6 heteroatoms. The van der Waals surface area contributed by atoms with E-state index in [0.29, 0.717) is 25.3 Å². The fourth-order valence-corrected chi connectivity index (χ4v) is 1.65. The summed E-state index contributed by atoms with van der Waals surface area (Å²) in [5, 5.41) is 15.2. The van der Waals surface area contributed by atoms with Crippen molar-refractivity contribution in [2.24, 2.45) is 5.92 Å². The normalized spacial score (nSPS) is 14.5. The molecular formula is C15H30N2O4. The van der Waals surface area contributed by atoms with Crippen molar-refractivity contribution in [2.45, 2.75) is 72.1 Å². The molecule has 0 aliphatic carbocycles. The number of carbonyl (C=O) groups is 2. The topological polar surface area (TPSA) is 87.7 Å². The van der Waals surface area contributed by atoms with Crippen molar-refractivity contribution < 1.29 is 19.4 Å². The van der Waals surface area contributed by atoms with E-state index in [-0.39, 0.29) is 0 Å². The molecular weight excluding hydrogens is 272 g/mol. The van der Waals surface area contributed by atoms with E-state index in [4.69, 9.17) is 4.74 Å². The first-order valence-corrected chi connectivity index (χ1v) is 7.52. The van der Waals surface area contributed by atoms with Gasteiger partial charge in [-0.2, -0.15) is 0 Å². The van der Waals surface area contributed by atoms with Gasteiger partial charge in [-0.1, -0.05) is 27.2 Å². The Balaban J connectivity index is 4.73. The molecule has 2 atom stereocenters. The molecule has 0 unspecified atom stereocenters. The molecule has 124 valence electrons. The summed E-state index contributed by atoms with van der Waals surface area (Å²) in [7, 11) is 0. The van der Waals surface area contributed by atoms with E-state index in [0.717, 1.165) is 0 Å². The van der Waals surface area contributed by atoms with Gasteiger partial charge >= 0.3 is 6.09 Å². The minimum Gasteiger partial charge on any atom is -0.444 e. The van der Waals surface area contributed by atoms with Gasteiger partial charge in [-0.15, -0.1) is 0 Å². The lowest BCUT2D eigenvalue weighted by molar-refractivity contribution is -0.126. The second kappa shape index (κ2) is 8.87. The Morgan fingerprint density at radius 1 is 1.24 bits per heavy atom. The Kier molecular flexibility index (Phi) is 8.32. The number of nitrogens with one attached hydrogen (secondary N) is 2. The van der Waals surface area contributed by atoms with Crippen molar-refractivity contribution in [2.75, 3.05) is 6.54 Å². The number of alkyl carbamates (subject to hydrolysis) is 1. The lowest BCUT2D eigenvalue weighted by Crippen LogP contribution is -2.54. The summed E-state index contributed by atoms with van der Waals surface area (Å²) < 4.78 is 5.13. The van der Waals surface area contributed by atoms with Crippen LogP contribution in [0.4, 0.5) is 4.79 Å². The molecule has 0 saturated heterocycles. The molecule has 0 spiro atoms. The number of carbonyl (C=O) groups excluding carboxylic acids is 2. The molecule has 3 N–H and O–H groups in total. The number of amides is 2. The molecule has 0 aliphatic heterocycles. The van der Waals surface area contributed by atoms with Crippen LogP contribution in [-0.4, -0.2) is 41.4 Å². The van der Waals surface area contributed by atoms with Gasteiger partial charge in [0.2, 0.25) is 5.91 Å². The smallest absolute Gasteiger partial charge is 0.408 e. The van der Waals surface area contributed by atoms with Crippen molar-refractivity contribution in [3.63, 3.8) is 0 Å². The van der Waals surface area contributed by atoms with Crippen molar-refractivity contribution in [1.82, 2.24) is 10.6 Å². The lowest BCUT2D eigenvalue weighted by Gasteiger charge is -2.26. The predicted molar refractivity (Wildman–Crippen MR) is 81.9 cm³/mol. The second-order valence-corrected chi connectivity index (χ2v) is 6.62. The lowest BCUT2D eigenvalue weighted by atomic mass is 10.1. The van der Waals surface area contributed by atoms with E-state index in [1.165, 1.54) is 0 Å². The second-order valence-electron chi connectivity index (χ2n) is 6.62. The molecule has 0 aliphatic rings. The van der Waals surface area contributed by atoms with Gasteiger partial charge in [0.25, 0.3) is 0 Å². The highest BCUT2D eigenvalue weighted by molar-refractivity contribution is 5.86. The van der Waals surface area contributed by atoms with Crippen LogP contribution in [0.1, 0.15) is 54.4 Å². The molecule has 0 saturated carbocycles. The summed E-state index contributed by atoms with van der Waals surface area (Å²) in [5.74, 6) is -0.102. The van der Waals surface area contributed by atoms with Gasteiger partial charge in [0.1, 0.15) is 11.6 Å². The third-order valence-electron chi connectivity index (χ3n) is 2.61. The predicted octanol–water partition coefficient (Wildman–Crippen LogP) is 1.81. The van der Waals surface area contributed by atoms with E-state index in [1.54, 1.807) is 20.8 Å². The first-order valence-electron chi connectivity index (χ1n) is 7.52. The summed E-state index contributed by atoms with van der Waals surface area (Å²) in [6.07, 6.45) is -0.502. The van der Waals surface area contributed by atoms with Gasteiger partial charge in [0.05, 0.1) is 6.10 Å². The number of hydrogen-bond donors (Lipinski definition) is 3. The van der Waals surface area contributed by atoms with E-state index >= 15 is 0 Å². The Bertz CT molecular complexity index is 337. The zero-order valence-electron chi connectivity index (χ0n) is 14.0. The zero-order valence-corrected chi connectivity index (χ0v) is 14.0. The Morgan fingerprint density at radius 3 is 2.24 bits per heavy atom. The molecule has 0 radical (unpaired) electrons. The first kappa shape index (κ1) is 19.7. The molecule has 0 rings (SSSR count). The standard InChI is InChI=1S/C15H30N2O4/c1-7-8-11(18)12(13(19)16-9-10(2)3)17-14(20)21-15(4,5)6/h10-12,18H,7-9H2,1-6H3,(H,16,19)(H,17,20)/t11-,12-/m0/s1. The van der Waals surface area contributed by atoms with Crippen molar-refractivity contribution in [3.05, 3.63) is 0 Å². The fourth-order valence-electron chi connectivity index (χ4n) is 1.65. The van der Waals surface area contributed by atoms with E-state index in [2.05, 4.69) is 10.6 Å². The third kappa shape index (κ3) is 9.28. The molecule has 0 aromatic heterocycles. The molecule has 21 heavy (non-hydrogen) atoms. The Labute approximate surface area is 127 Å². The third-order valence-corrected chi connectivity index (χ3v) is 2.61. The molecule has 0 bridgehead atoms. The van der Waals surface area contributed by atoms with Gasteiger partial charge in [0.15, 0.2) is 0 Å². The largest absolute Gasteiger partial charge is 0.444 e. The van der Waals surface area contributed by atoms with E-state index in [1.807, 2.05) is 20.8 Å². The number of ether oxygens (including phenoxy) is 1. The zero-order chi connectivity index (χ0) is 16.6. The van der Waals surface area contributed by atoms with Gasteiger partial charge in [-0.25, -0.2) is 4.79 Å². The van der Waals surface area contributed by atoms with Crippen LogP contribution in [0.5, 0.6) is 0 Å². The van der Waals surface area contributed by atoms with Gasteiger partial charge in [-0.05, 0) is 33.1 Å². The summed E-state index contributed by atoms with van der Waals surface area (Å²) in [6, 6.07) is -1.00. The van der Waals surface area contributed by atoms with Crippen LogP contribution in [0.3, 0.4) is 0 Å². The van der Waals surface area contributed by atoms with Crippen LogP contribution in [-0.2, 0) is 9.53 Å². The minimum atomic E-state index is -1.00. The van der Waals surface area contributed by atoms with Gasteiger partial charge < -0.3 is 20.5 Å². The number of aliphatic hydroxyl groups is 1. The maximum atomic E-state index is 12.1. The summed E-state index contributed by atoms with van der Waals surface area (Å²) in [4.78, 5) is 23.9. The molecule has 0 fully saturated rings. The maximum Gasteiger partial charge on any atom is 0.408 e. The van der Waals surface area contributed by atoms with Crippen LogP contribution in [0, 0.1) is 5.92 Å². The molecule has 6 nitrogen and oxygen atoms in total. The highest BCUT2D eigenvalue weighted by Crippen LogP contribution is 2.09. The molecule has 0 heterocycles. The highest BCUT2D eigenvalue weighted by atomic mass is 16.6. The SMILES string of the molecule is CCC[C@H](O)[C@H](NC(=O)OC(C)(C)C)C(=O)NCC(C)C. The molecule has 0 aromatic carbocycles. The van der Waals surface area contributed by atoms with Crippen LogP contribution in [0.15, 0.2) is 0 Å². The van der Waals surface area contributed by atoms with Crippen LogP contribution in [0.25, 0.3) is 0 Å². The van der Waals surface area contributed by atoms with Crippen LogP contribution >= 0.6 is 0 Å². The summed E-state index contributed by atoms with van der Waals surface area (Å²) in [5.41, 5.74) is -0.654. The molecule has 2 amide bonds. The average Bonchev–Trinajstić information content (AvgIpc) is 2.31. The van der Waals surface area contributed by atoms with Gasteiger partial charge in [-0.3, -0.25) is 4.79 Å². The number of rotatable bonds is 7. The maximum absolute atomic E-state index is 12.1. The van der Waals surface area contributed by atoms with E-state index in [9.17, 15) is 14.7 Å². The van der Waals surface area contributed by atoms with Crippen molar-refractivity contribution >= 4 is 12.0 Å². The van der Waals surface area contributed by atoms with Crippen molar-refractivity contribution in [3.8, 4) is 0 Å². The average molecular weight is 302 g/mol. The summed E-state index contributed by atoms with van der Waals surface area (Å²) in [6.45, 7) is 11.6. The first-order chi connectivity index (χ1) is 9.56. The number of hydrogen-bond acceptors (Lipinski definition) is 4. The Hall–Kier alpha value is -1.30. The summed E-state index contributed by atoms with van der Waals surface area (Å²) >= 11 is 0. The van der Waals surface area contributed by atoms with Gasteiger partial charge in [0, 0.05) is 6.54 Å². The number of aliphatic hydroxyl groups excluding tert-OH is 1. The quantitative estimate of drug-likeness (QED) is 0.669. The molecule has 0 aromatic rings. The minimum absolute atomic E-state index is 0.291. The monoisotopic (exact) mass is 302 g/mol.